The van der Waals surface area contributed by atoms with Crippen molar-refractivity contribution in [2.45, 2.75) is 26.3 Å². The lowest BCUT2D eigenvalue weighted by atomic mass is 10.0. The van der Waals surface area contributed by atoms with E-state index < -0.39 is 0 Å². The van der Waals surface area contributed by atoms with Crippen molar-refractivity contribution < 1.29 is 9.59 Å². The molecule has 5 nitrogen and oxygen atoms in total. The van der Waals surface area contributed by atoms with E-state index >= 15 is 0 Å². The molecule has 0 spiro atoms. The number of amides is 2. The number of fused-ring (bicyclic) bond motifs is 1. The molecule has 1 saturated heterocycles. The highest BCUT2D eigenvalue weighted by atomic mass is 16.2. The summed E-state index contributed by atoms with van der Waals surface area (Å²) in [7, 11) is 0. The third kappa shape index (κ3) is 2.28. The van der Waals surface area contributed by atoms with Crippen LogP contribution in [0, 0.1) is 5.92 Å². The van der Waals surface area contributed by atoms with Crippen molar-refractivity contribution in [2.24, 2.45) is 5.92 Å². The zero-order valence-electron chi connectivity index (χ0n) is 11.7. The molecule has 2 aliphatic rings. The summed E-state index contributed by atoms with van der Waals surface area (Å²) < 4.78 is 0. The van der Waals surface area contributed by atoms with Gasteiger partial charge in [0, 0.05) is 50.9 Å². The Labute approximate surface area is 118 Å². The van der Waals surface area contributed by atoms with Gasteiger partial charge in [-0.05, 0) is 18.6 Å². The van der Waals surface area contributed by atoms with E-state index in [1.165, 1.54) is 0 Å². The van der Waals surface area contributed by atoms with Gasteiger partial charge in [-0.3, -0.25) is 14.6 Å². The van der Waals surface area contributed by atoms with Crippen LogP contribution in [0.15, 0.2) is 18.3 Å². The van der Waals surface area contributed by atoms with Gasteiger partial charge < -0.3 is 9.80 Å². The second-order valence-electron chi connectivity index (χ2n) is 5.45. The Morgan fingerprint density at radius 3 is 3.10 bits per heavy atom. The summed E-state index contributed by atoms with van der Waals surface area (Å²) in [5.74, 6) is 0.0504. The number of carbonyl (C=O) groups is 2. The van der Waals surface area contributed by atoms with E-state index in [0.29, 0.717) is 32.6 Å². The van der Waals surface area contributed by atoms with Crippen LogP contribution in [0.3, 0.4) is 0 Å². The first-order chi connectivity index (χ1) is 9.69. The largest absolute Gasteiger partial charge is 0.342 e. The number of nitrogens with zero attached hydrogens (tertiary/aromatic N) is 3. The van der Waals surface area contributed by atoms with Gasteiger partial charge in [-0.25, -0.2) is 0 Å². The number of pyridine rings is 1. The summed E-state index contributed by atoms with van der Waals surface area (Å²) in [6.45, 7) is 4.55. The van der Waals surface area contributed by atoms with Gasteiger partial charge in [0.1, 0.15) is 0 Å². The fourth-order valence-electron chi connectivity index (χ4n) is 3.06. The van der Waals surface area contributed by atoms with Crippen molar-refractivity contribution in [3.8, 4) is 0 Å². The molecule has 2 aliphatic heterocycles. The summed E-state index contributed by atoms with van der Waals surface area (Å²) in [5.41, 5.74) is 2.22. The van der Waals surface area contributed by atoms with Gasteiger partial charge in [0.05, 0.1) is 5.92 Å². The molecule has 1 fully saturated rings. The van der Waals surface area contributed by atoms with E-state index in [2.05, 4.69) is 4.98 Å². The molecule has 106 valence electrons. The third-order valence-corrected chi connectivity index (χ3v) is 4.22. The summed E-state index contributed by atoms with van der Waals surface area (Å²) in [5, 5.41) is 0. The van der Waals surface area contributed by atoms with E-state index in [1.807, 2.05) is 24.0 Å². The average Bonchev–Trinajstić information content (AvgIpc) is 2.87. The first-order valence-electron chi connectivity index (χ1n) is 7.18. The van der Waals surface area contributed by atoms with Crippen LogP contribution in [-0.2, 0) is 22.6 Å². The van der Waals surface area contributed by atoms with Gasteiger partial charge >= 0.3 is 0 Å². The normalized spacial score (nSPS) is 22.1. The molecule has 20 heavy (non-hydrogen) atoms. The van der Waals surface area contributed by atoms with E-state index in [0.717, 1.165) is 17.7 Å². The standard InChI is InChI=1S/C15H19N3O2/c1-2-17-10-12(8-14(17)19)15(20)18-7-5-13-11(9-18)4-3-6-16-13/h3-4,6,12H,2,5,7-10H2,1H3/t12-/m1/s1. The van der Waals surface area contributed by atoms with Crippen molar-refractivity contribution >= 4 is 11.8 Å². The number of rotatable bonds is 2. The van der Waals surface area contributed by atoms with Gasteiger partial charge in [-0.2, -0.15) is 0 Å². The summed E-state index contributed by atoms with van der Waals surface area (Å²) in [4.78, 5) is 32.3. The van der Waals surface area contributed by atoms with Gasteiger partial charge in [-0.15, -0.1) is 0 Å². The van der Waals surface area contributed by atoms with Crippen LogP contribution in [0.25, 0.3) is 0 Å². The van der Waals surface area contributed by atoms with Crippen LogP contribution in [-0.4, -0.2) is 46.2 Å². The van der Waals surface area contributed by atoms with Crippen molar-refractivity contribution in [1.82, 2.24) is 14.8 Å². The topological polar surface area (TPSA) is 53.5 Å². The Morgan fingerprint density at radius 1 is 1.50 bits per heavy atom. The summed E-state index contributed by atoms with van der Waals surface area (Å²) >= 11 is 0. The lowest BCUT2D eigenvalue weighted by Crippen LogP contribution is -2.40. The van der Waals surface area contributed by atoms with Crippen LogP contribution in [0.4, 0.5) is 0 Å². The van der Waals surface area contributed by atoms with Crippen LogP contribution in [0.1, 0.15) is 24.6 Å². The monoisotopic (exact) mass is 273 g/mol. The molecule has 1 aromatic rings. The Bertz CT molecular complexity index is 544. The molecule has 5 heteroatoms. The van der Waals surface area contributed by atoms with E-state index in [-0.39, 0.29) is 17.7 Å². The van der Waals surface area contributed by atoms with E-state index in [9.17, 15) is 9.59 Å². The summed E-state index contributed by atoms with van der Waals surface area (Å²) in [6, 6.07) is 3.94. The second-order valence-corrected chi connectivity index (χ2v) is 5.45. The number of hydrogen-bond donors (Lipinski definition) is 0. The molecule has 3 heterocycles. The average molecular weight is 273 g/mol. The smallest absolute Gasteiger partial charge is 0.228 e. The van der Waals surface area contributed by atoms with E-state index in [4.69, 9.17) is 0 Å². The number of hydrogen-bond acceptors (Lipinski definition) is 3. The number of aromatic nitrogens is 1. The molecule has 0 N–H and O–H groups in total. The van der Waals surface area contributed by atoms with Crippen LogP contribution in [0.2, 0.25) is 0 Å². The second kappa shape index (κ2) is 5.23. The number of carbonyl (C=O) groups excluding carboxylic acids is 2. The van der Waals surface area contributed by atoms with Crippen molar-refractivity contribution in [3.63, 3.8) is 0 Å². The molecule has 2 amide bonds. The first-order valence-corrected chi connectivity index (χ1v) is 7.18. The molecule has 0 saturated carbocycles. The van der Waals surface area contributed by atoms with Crippen LogP contribution in [0.5, 0.6) is 0 Å². The minimum Gasteiger partial charge on any atom is -0.342 e. The van der Waals surface area contributed by atoms with Gasteiger partial charge in [0.2, 0.25) is 11.8 Å². The Balaban J connectivity index is 1.69. The third-order valence-electron chi connectivity index (χ3n) is 4.22. The maximum absolute atomic E-state index is 12.5. The maximum atomic E-state index is 12.5. The molecule has 0 aliphatic carbocycles. The highest BCUT2D eigenvalue weighted by Crippen LogP contribution is 2.23. The SMILES string of the molecule is CCN1C[C@H](C(=O)N2CCc3ncccc3C2)CC1=O. The molecular weight excluding hydrogens is 254 g/mol. The zero-order valence-corrected chi connectivity index (χ0v) is 11.7. The molecule has 1 atom stereocenters. The molecule has 0 radical (unpaired) electrons. The fraction of sp³-hybridized carbons (Fsp3) is 0.533. The quantitative estimate of drug-likeness (QED) is 0.802. The Morgan fingerprint density at radius 2 is 2.35 bits per heavy atom. The molecule has 3 rings (SSSR count). The Hall–Kier alpha value is -1.91. The lowest BCUT2D eigenvalue weighted by molar-refractivity contribution is -0.136. The number of likely N-dealkylation sites (tertiary alicyclic amines) is 1. The predicted molar refractivity (Wildman–Crippen MR) is 73.7 cm³/mol. The zero-order chi connectivity index (χ0) is 14.1. The lowest BCUT2D eigenvalue weighted by Gasteiger charge is -2.30. The van der Waals surface area contributed by atoms with Gasteiger partial charge in [0.15, 0.2) is 0 Å². The maximum Gasteiger partial charge on any atom is 0.228 e. The molecule has 0 bridgehead atoms. The molecule has 0 unspecified atom stereocenters. The van der Waals surface area contributed by atoms with Crippen molar-refractivity contribution in [3.05, 3.63) is 29.6 Å². The highest BCUT2D eigenvalue weighted by Gasteiger charge is 2.36. The Kier molecular flexibility index (Phi) is 3.42. The minimum atomic E-state index is -0.166. The molecule has 1 aromatic heterocycles. The molecular formula is C15H19N3O2. The van der Waals surface area contributed by atoms with E-state index in [1.54, 1.807) is 11.1 Å². The molecule has 0 aromatic carbocycles. The van der Waals surface area contributed by atoms with Gasteiger partial charge in [0.25, 0.3) is 0 Å². The van der Waals surface area contributed by atoms with Crippen molar-refractivity contribution in [2.75, 3.05) is 19.6 Å². The van der Waals surface area contributed by atoms with Crippen LogP contribution < -0.4 is 0 Å². The fourth-order valence-corrected chi connectivity index (χ4v) is 3.06. The van der Waals surface area contributed by atoms with Crippen molar-refractivity contribution in [1.29, 1.82) is 0 Å². The van der Waals surface area contributed by atoms with Gasteiger partial charge in [-0.1, -0.05) is 6.07 Å². The first kappa shape index (κ1) is 13.1. The minimum absolute atomic E-state index is 0.102. The summed E-state index contributed by atoms with van der Waals surface area (Å²) in [6.07, 6.45) is 2.97. The highest BCUT2D eigenvalue weighted by molar-refractivity contribution is 5.89. The van der Waals surface area contributed by atoms with Crippen LogP contribution >= 0.6 is 0 Å². The predicted octanol–water partition coefficient (Wildman–Crippen LogP) is 0.835.